The molecule has 0 fully saturated rings. The van der Waals surface area contributed by atoms with E-state index in [1.807, 2.05) is 0 Å². The number of rotatable bonds is 9. The van der Waals surface area contributed by atoms with Crippen molar-refractivity contribution >= 4 is 35.2 Å². The van der Waals surface area contributed by atoms with Crippen molar-refractivity contribution in [1.29, 1.82) is 0 Å². The molecule has 9 heteroatoms. The number of benzene rings is 2. The van der Waals surface area contributed by atoms with Gasteiger partial charge in [0.05, 0.1) is 11.1 Å². The van der Waals surface area contributed by atoms with Gasteiger partial charge in [-0.25, -0.2) is 0 Å². The van der Waals surface area contributed by atoms with Crippen molar-refractivity contribution in [2.24, 2.45) is 0 Å². The second-order valence-corrected chi connectivity index (χ2v) is 6.94. The summed E-state index contributed by atoms with van der Waals surface area (Å²) in [5.74, 6) is -0.910. The van der Waals surface area contributed by atoms with Crippen LogP contribution in [0.2, 0.25) is 5.02 Å². The van der Waals surface area contributed by atoms with Crippen LogP contribution in [-0.2, 0) is 9.59 Å². The Morgan fingerprint density at radius 3 is 2.03 bits per heavy atom. The van der Waals surface area contributed by atoms with E-state index in [2.05, 4.69) is 10.6 Å². The van der Waals surface area contributed by atoms with Crippen LogP contribution in [0.25, 0.3) is 0 Å². The summed E-state index contributed by atoms with van der Waals surface area (Å²) in [6, 6.07) is 13.2. The van der Waals surface area contributed by atoms with Crippen molar-refractivity contribution in [3.8, 4) is 5.75 Å². The molecule has 0 aliphatic carbocycles. The predicted octanol–water partition coefficient (Wildman–Crippen LogP) is 1.64. The first-order valence-corrected chi connectivity index (χ1v) is 9.70. The minimum atomic E-state index is -0.392. The SMILES string of the molecule is O=C(CCN1C(=O)c2ccccc2C1=O)NCCNC(=O)COc1ccc(Cl)cc1. The summed E-state index contributed by atoms with van der Waals surface area (Å²) >= 11 is 5.77. The smallest absolute Gasteiger partial charge is 0.261 e. The first-order chi connectivity index (χ1) is 14.5. The molecule has 4 amide bonds. The minimum Gasteiger partial charge on any atom is -0.484 e. The first kappa shape index (κ1) is 21.3. The highest BCUT2D eigenvalue weighted by Crippen LogP contribution is 2.22. The molecular formula is C21H20ClN3O5. The van der Waals surface area contributed by atoms with E-state index in [-0.39, 0.29) is 44.5 Å². The number of nitrogens with zero attached hydrogens (tertiary/aromatic N) is 1. The molecule has 0 saturated carbocycles. The van der Waals surface area contributed by atoms with E-state index in [1.165, 1.54) is 0 Å². The molecule has 8 nitrogen and oxygen atoms in total. The maximum Gasteiger partial charge on any atom is 0.261 e. The molecule has 0 spiro atoms. The van der Waals surface area contributed by atoms with Gasteiger partial charge in [0.25, 0.3) is 17.7 Å². The van der Waals surface area contributed by atoms with Gasteiger partial charge < -0.3 is 15.4 Å². The van der Waals surface area contributed by atoms with Crippen LogP contribution in [0.3, 0.4) is 0 Å². The van der Waals surface area contributed by atoms with Crippen LogP contribution in [0.5, 0.6) is 5.75 Å². The van der Waals surface area contributed by atoms with Crippen molar-refractivity contribution < 1.29 is 23.9 Å². The fourth-order valence-electron chi connectivity index (χ4n) is 2.88. The summed E-state index contributed by atoms with van der Waals surface area (Å²) in [4.78, 5) is 49.3. The summed E-state index contributed by atoms with van der Waals surface area (Å²) in [7, 11) is 0. The number of ether oxygens (including phenoxy) is 1. The van der Waals surface area contributed by atoms with Gasteiger partial charge in [0.15, 0.2) is 6.61 Å². The Labute approximate surface area is 178 Å². The topological polar surface area (TPSA) is 105 Å². The molecular weight excluding hydrogens is 410 g/mol. The summed E-state index contributed by atoms with van der Waals surface area (Å²) in [5.41, 5.74) is 0.706. The van der Waals surface area contributed by atoms with E-state index in [1.54, 1.807) is 48.5 Å². The third kappa shape index (κ3) is 5.36. The summed E-state index contributed by atoms with van der Waals surface area (Å²) in [6.45, 7) is 0.282. The number of imide groups is 1. The zero-order valence-corrected chi connectivity index (χ0v) is 16.8. The van der Waals surface area contributed by atoms with E-state index in [4.69, 9.17) is 16.3 Å². The lowest BCUT2D eigenvalue weighted by atomic mass is 10.1. The van der Waals surface area contributed by atoms with Gasteiger partial charge in [-0.1, -0.05) is 23.7 Å². The largest absolute Gasteiger partial charge is 0.484 e. The van der Waals surface area contributed by atoms with E-state index in [9.17, 15) is 19.2 Å². The fourth-order valence-corrected chi connectivity index (χ4v) is 3.00. The lowest BCUT2D eigenvalue weighted by molar-refractivity contribution is -0.124. The van der Waals surface area contributed by atoms with Gasteiger partial charge in [0, 0.05) is 31.1 Å². The zero-order valence-electron chi connectivity index (χ0n) is 16.0. The number of carbonyl (C=O) groups is 4. The van der Waals surface area contributed by atoms with Crippen LogP contribution >= 0.6 is 11.6 Å². The number of hydrogen-bond donors (Lipinski definition) is 2. The van der Waals surface area contributed by atoms with Crippen molar-refractivity contribution in [1.82, 2.24) is 15.5 Å². The standard InChI is InChI=1S/C21H20ClN3O5/c22-14-5-7-15(8-6-14)30-13-19(27)24-11-10-23-18(26)9-12-25-20(28)16-3-1-2-4-17(16)21(25)29/h1-8H,9-13H2,(H,23,26)(H,24,27). The number of amides is 4. The van der Waals surface area contributed by atoms with E-state index in [0.717, 1.165) is 4.90 Å². The second kappa shape index (κ2) is 9.89. The van der Waals surface area contributed by atoms with Crippen LogP contribution in [0, 0.1) is 0 Å². The molecule has 0 bridgehead atoms. The lowest BCUT2D eigenvalue weighted by Gasteiger charge is -2.13. The zero-order chi connectivity index (χ0) is 21.5. The molecule has 2 N–H and O–H groups in total. The van der Waals surface area contributed by atoms with Gasteiger partial charge in [-0.05, 0) is 36.4 Å². The number of fused-ring (bicyclic) bond motifs is 1. The van der Waals surface area contributed by atoms with Gasteiger partial charge >= 0.3 is 0 Å². The number of hydrogen-bond acceptors (Lipinski definition) is 5. The Bertz CT molecular complexity index is 926. The van der Waals surface area contributed by atoms with Crippen LogP contribution in [0.1, 0.15) is 27.1 Å². The third-order valence-electron chi connectivity index (χ3n) is 4.39. The number of nitrogens with one attached hydrogen (secondary N) is 2. The molecule has 156 valence electrons. The Balaban J connectivity index is 1.31. The van der Waals surface area contributed by atoms with Crippen molar-refractivity contribution in [2.45, 2.75) is 6.42 Å². The molecule has 0 radical (unpaired) electrons. The molecule has 0 saturated heterocycles. The first-order valence-electron chi connectivity index (χ1n) is 9.32. The van der Waals surface area contributed by atoms with Crippen LogP contribution in [0.4, 0.5) is 0 Å². The van der Waals surface area contributed by atoms with Gasteiger partial charge in [-0.3, -0.25) is 24.1 Å². The normalized spacial score (nSPS) is 12.5. The molecule has 0 aromatic heterocycles. The average molecular weight is 430 g/mol. The van der Waals surface area contributed by atoms with E-state index < -0.39 is 11.8 Å². The van der Waals surface area contributed by atoms with Crippen LogP contribution < -0.4 is 15.4 Å². The molecule has 2 aromatic rings. The molecule has 1 aliphatic rings. The highest BCUT2D eigenvalue weighted by Gasteiger charge is 2.34. The minimum absolute atomic E-state index is 0.000525. The maximum absolute atomic E-state index is 12.2. The highest BCUT2D eigenvalue weighted by atomic mass is 35.5. The molecule has 1 heterocycles. The fraction of sp³-hybridized carbons (Fsp3) is 0.238. The lowest BCUT2D eigenvalue weighted by Crippen LogP contribution is -2.38. The van der Waals surface area contributed by atoms with Crippen LogP contribution in [-0.4, -0.2) is 54.8 Å². The Hall–Kier alpha value is -3.39. The number of carbonyl (C=O) groups excluding carboxylic acids is 4. The Morgan fingerprint density at radius 2 is 1.43 bits per heavy atom. The predicted molar refractivity (Wildman–Crippen MR) is 109 cm³/mol. The van der Waals surface area contributed by atoms with E-state index in [0.29, 0.717) is 21.9 Å². The quantitative estimate of drug-likeness (QED) is 0.465. The Kier molecular flexibility index (Phi) is 7.03. The van der Waals surface area contributed by atoms with Crippen molar-refractivity contribution in [3.05, 3.63) is 64.7 Å². The third-order valence-corrected chi connectivity index (χ3v) is 4.65. The van der Waals surface area contributed by atoms with Gasteiger partial charge in [0.1, 0.15) is 5.75 Å². The van der Waals surface area contributed by atoms with Crippen molar-refractivity contribution in [3.63, 3.8) is 0 Å². The molecule has 2 aromatic carbocycles. The molecule has 0 atom stereocenters. The van der Waals surface area contributed by atoms with Crippen molar-refractivity contribution in [2.75, 3.05) is 26.2 Å². The van der Waals surface area contributed by atoms with Crippen LogP contribution in [0.15, 0.2) is 48.5 Å². The monoisotopic (exact) mass is 429 g/mol. The summed E-state index contributed by atoms with van der Waals surface area (Å²) < 4.78 is 5.32. The number of halogens is 1. The Morgan fingerprint density at radius 1 is 0.867 bits per heavy atom. The summed E-state index contributed by atoms with van der Waals surface area (Å²) in [5, 5.41) is 5.83. The second-order valence-electron chi connectivity index (χ2n) is 6.50. The molecule has 30 heavy (non-hydrogen) atoms. The van der Waals surface area contributed by atoms with Gasteiger partial charge in [0.2, 0.25) is 5.91 Å². The van der Waals surface area contributed by atoms with Gasteiger partial charge in [-0.2, -0.15) is 0 Å². The molecule has 1 aliphatic heterocycles. The molecule has 0 unspecified atom stereocenters. The highest BCUT2D eigenvalue weighted by molar-refractivity contribution is 6.30. The molecule has 3 rings (SSSR count). The van der Waals surface area contributed by atoms with E-state index >= 15 is 0 Å². The maximum atomic E-state index is 12.2. The summed E-state index contributed by atoms with van der Waals surface area (Å²) in [6.07, 6.45) is -0.0148. The van der Waals surface area contributed by atoms with Gasteiger partial charge in [-0.15, -0.1) is 0 Å². The average Bonchev–Trinajstić information content (AvgIpc) is 2.99.